The maximum absolute atomic E-state index is 12.4. The molecular weight excluding hydrogens is 260 g/mol. The van der Waals surface area contributed by atoms with Gasteiger partial charge in [-0.05, 0) is 25.3 Å². The van der Waals surface area contributed by atoms with E-state index in [1.165, 1.54) is 12.3 Å². The fourth-order valence-corrected chi connectivity index (χ4v) is 2.93. The molecule has 1 aromatic rings. The van der Waals surface area contributed by atoms with Crippen LogP contribution in [0.2, 0.25) is 0 Å². The van der Waals surface area contributed by atoms with Crippen LogP contribution in [-0.2, 0) is 0 Å². The summed E-state index contributed by atoms with van der Waals surface area (Å²) in [6.45, 7) is 0.563. The normalized spacial score (nSPS) is 22.5. The Morgan fingerprint density at radius 1 is 1.55 bits per heavy atom. The van der Waals surface area contributed by atoms with Crippen LogP contribution in [0.15, 0.2) is 12.3 Å². The van der Waals surface area contributed by atoms with E-state index in [0.29, 0.717) is 12.5 Å². The molecule has 1 aromatic heterocycles. The van der Waals surface area contributed by atoms with E-state index in [2.05, 4.69) is 4.98 Å². The largest absolute Gasteiger partial charge is 0.351 e. The highest BCUT2D eigenvalue weighted by Gasteiger charge is 2.31. The summed E-state index contributed by atoms with van der Waals surface area (Å²) in [5, 5.41) is 10.7. The van der Waals surface area contributed by atoms with Gasteiger partial charge in [-0.2, -0.15) is 0 Å². The monoisotopic (exact) mass is 280 g/mol. The molecule has 0 spiro atoms. The van der Waals surface area contributed by atoms with Crippen molar-refractivity contribution in [2.24, 2.45) is 11.7 Å². The van der Waals surface area contributed by atoms with Crippen molar-refractivity contribution in [3.05, 3.63) is 28.1 Å². The average Bonchev–Trinajstić information content (AvgIpc) is 2.95. The van der Waals surface area contributed by atoms with Crippen molar-refractivity contribution in [3.8, 4) is 0 Å². The molecular formula is C13H20N4O3. The molecule has 1 saturated carbocycles. The Labute approximate surface area is 117 Å². The Hall–Kier alpha value is -1.89. The van der Waals surface area contributed by atoms with E-state index in [-0.39, 0.29) is 23.3 Å². The second-order valence-corrected chi connectivity index (χ2v) is 5.29. The van der Waals surface area contributed by atoms with Gasteiger partial charge in [-0.25, -0.2) is 0 Å². The van der Waals surface area contributed by atoms with E-state index < -0.39 is 4.92 Å². The molecule has 0 saturated heterocycles. The first-order valence-corrected chi connectivity index (χ1v) is 6.84. The molecule has 3 N–H and O–H groups in total. The summed E-state index contributed by atoms with van der Waals surface area (Å²) in [6, 6.07) is 1.39. The van der Waals surface area contributed by atoms with Crippen LogP contribution in [0.3, 0.4) is 0 Å². The highest BCUT2D eigenvalue weighted by molar-refractivity contribution is 5.93. The summed E-state index contributed by atoms with van der Waals surface area (Å²) < 4.78 is 0. The summed E-state index contributed by atoms with van der Waals surface area (Å²) in [5.74, 6) is 0.0890. The van der Waals surface area contributed by atoms with Crippen LogP contribution >= 0.6 is 0 Å². The lowest BCUT2D eigenvalue weighted by Crippen LogP contribution is -2.46. The number of rotatable bonds is 4. The zero-order valence-electron chi connectivity index (χ0n) is 11.5. The number of carbonyl (C=O) groups is 1. The van der Waals surface area contributed by atoms with E-state index >= 15 is 0 Å². The zero-order chi connectivity index (χ0) is 14.7. The third kappa shape index (κ3) is 2.82. The number of hydrogen-bond donors (Lipinski definition) is 2. The molecule has 0 aliphatic heterocycles. The number of H-pyrrole nitrogens is 1. The van der Waals surface area contributed by atoms with Gasteiger partial charge in [0, 0.05) is 19.2 Å². The van der Waals surface area contributed by atoms with Gasteiger partial charge in [-0.15, -0.1) is 0 Å². The number of carbonyl (C=O) groups excluding carboxylic acids is 1. The fourth-order valence-electron chi connectivity index (χ4n) is 2.93. The van der Waals surface area contributed by atoms with E-state index in [9.17, 15) is 14.9 Å². The van der Waals surface area contributed by atoms with Gasteiger partial charge in [-0.3, -0.25) is 14.9 Å². The van der Waals surface area contributed by atoms with Gasteiger partial charge in [0.1, 0.15) is 5.69 Å². The number of nitrogens with one attached hydrogen (secondary N) is 1. The molecule has 2 unspecified atom stereocenters. The van der Waals surface area contributed by atoms with Crippen molar-refractivity contribution in [1.29, 1.82) is 0 Å². The molecule has 20 heavy (non-hydrogen) atoms. The molecule has 7 nitrogen and oxygen atoms in total. The van der Waals surface area contributed by atoms with Gasteiger partial charge in [-0.1, -0.05) is 12.8 Å². The predicted molar refractivity (Wildman–Crippen MR) is 74.3 cm³/mol. The molecule has 1 fully saturated rings. The predicted octanol–water partition coefficient (Wildman–Crippen LogP) is 1.51. The first-order chi connectivity index (χ1) is 9.54. The number of aromatic amines is 1. The number of nitrogens with two attached hydrogens (primary N) is 1. The van der Waals surface area contributed by atoms with Crippen molar-refractivity contribution < 1.29 is 9.72 Å². The molecule has 110 valence electrons. The summed E-state index contributed by atoms with van der Waals surface area (Å²) in [5.41, 5.74) is 5.93. The third-order valence-electron chi connectivity index (χ3n) is 4.10. The molecule has 0 bridgehead atoms. The standard InChI is InChI=1S/C13H20N4O3/c1-16(12-5-3-2-4-9(12)7-14)13(18)11-6-10(8-15-11)17(19)20/h6,8-9,12,15H,2-5,7,14H2,1H3. The van der Waals surface area contributed by atoms with Crippen molar-refractivity contribution in [3.63, 3.8) is 0 Å². The second-order valence-electron chi connectivity index (χ2n) is 5.29. The number of nitrogens with zero attached hydrogens (tertiary/aromatic N) is 2. The quantitative estimate of drug-likeness (QED) is 0.644. The number of aromatic nitrogens is 1. The van der Waals surface area contributed by atoms with Crippen LogP contribution < -0.4 is 5.73 Å². The van der Waals surface area contributed by atoms with Gasteiger partial charge in [0.05, 0.1) is 11.1 Å². The number of hydrogen-bond acceptors (Lipinski definition) is 4. The smallest absolute Gasteiger partial charge is 0.287 e. The molecule has 1 aliphatic carbocycles. The fraction of sp³-hybridized carbons (Fsp3) is 0.615. The van der Waals surface area contributed by atoms with Crippen molar-refractivity contribution in [2.45, 2.75) is 31.7 Å². The lowest BCUT2D eigenvalue weighted by atomic mass is 9.83. The van der Waals surface area contributed by atoms with E-state index in [1.807, 2.05) is 0 Å². The van der Waals surface area contributed by atoms with Crippen LogP contribution in [0.5, 0.6) is 0 Å². The van der Waals surface area contributed by atoms with Crippen LogP contribution in [0.25, 0.3) is 0 Å². The summed E-state index contributed by atoms with van der Waals surface area (Å²) in [6.07, 6.45) is 5.44. The molecule has 7 heteroatoms. The molecule has 2 rings (SSSR count). The Morgan fingerprint density at radius 2 is 2.25 bits per heavy atom. The second kappa shape index (κ2) is 6.04. The van der Waals surface area contributed by atoms with Gasteiger partial charge >= 0.3 is 0 Å². The van der Waals surface area contributed by atoms with Crippen LogP contribution in [0.1, 0.15) is 36.2 Å². The Morgan fingerprint density at radius 3 is 2.85 bits per heavy atom. The third-order valence-corrected chi connectivity index (χ3v) is 4.10. The molecule has 1 aliphatic rings. The molecule has 0 radical (unpaired) electrons. The lowest BCUT2D eigenvalue weighted by Gasteiger charge is -2.37. The van der Waals surface area contributed by atoms with Crippen LogP contribution in [0, 0.1) is 16.0 Å². The Bertz CT molecular complexity index is 500. The minimum absolute atomic E-state index is 0.0965. The minimum atomic E-state index is -0.517. The topological polar surface area (TPSA) is 105 Å². The summed E-state index contributed by atoms with van der Waals surface area (Å²) in [7, 11) is 1.74. The van der Waals surface area contributed by atoms with Crippen molar-refractivity contribution in [1.82, 2.24) is 9.88 Å². The summed E-state index contributed by atoms with van der Waals surface area (Å²) >= 11 is 0. The molecule has 1 amide bonds. The average molecular weight is 280 g/mol. The highest BCUT2D eigenvalue weighted by Crippen LogP contribution is 2.28. The van der Waals surface area contributed by atoms with Crippen LogP contribution in [-0.4, -0.2) is 40.3 Å². The minimum Gasteiger partial charge on any atom is -0.351 e. The number of amides is 1. The number of nitro groups is 1. The lowest BCUT2D eigenvalue weighted by molar-refractivity contribution is -0.384. The molecule has 1 heterocycles. The first kappa shape index (κ1) is 14.5. The van der Waals surface area contributed by atoms with E-state index in [1.54, 1.807) is 11.9 Å². The van der Waals surface area contributed by atoms with E-state index in [0.717, 1.165) is 25.7 Å². The first-order valence-electron chi connectivity index (χ1n) is 6.84. The van der Waals surface area contributed by atoms with Gasteiger partial charge in [0.15, 0.2) is 0 Å². The maximum Gasteiger partial charge on any atom is 0.287 e. The SMILES string of the molecule is CN(C(=O)c1cc([N+](=O)[O-])c[nH]1)C1CCCCC1CN. The van der Waals surface area contributed by atoms with Crippen molar-refractivity contribution in [2.75, 3.05) is 13.6 Å². The Kier molecular flexibility index (Phi) is 4.39. The molecule has 0 aromatic carbocycles. The highest BCUT2D eigenvalue weighted by atomic mass is 16.6. The van der Waals surface area contributed by atoms with Gasteiger partial charge in [0.25, 0.3) is 11.6 Å². The van der Waals surface area contributed by atoms with Gasteiger partial charge in [0.2, 0.25) is 0 Å². The van der Waals surface area contributed by atoms with Crippen molar-refractivity contribution >= 4 is 11.6 Å². The zero-order valence-corrected chi connectivity index (χ0v) is 11.5. The molecule has 2 atom stereocenters. The summed E-state index contributed by atoms with van der Waals surface area (Å²) in [4.78, 5) is 26.9. The van der Waals surface area contributed by atoms with Gasteiger partial charge < -0.3 is 15.6 Å². The Balaban J connectivity index is 2.12. The van der Waals surface area contributed by atoms with Crippen LogP contribution in [0.4, 0.5) is 5.69 Å². The van der Waals surface area contributed by atoms with E-state index in [4.69, 9.17) is 5.73 Å². The maximum atomic E-state index is 12.4.